The van der Waals surface area contributed by atoms with E-state index in [0.29, 0.717) is 39.4 Å². The van der Waals surface area contributed by atoms with E-state index in [4.69, 9.17) is 21.1 Å². The Morgan fingerprint density at radius 2 is 1.78 bits per heavy atom. The van der Waals surface area contributed by atoms with Crippen molar-refractivity contribution in [3.05, 3.63) is 47.0 Å². The molecule has 0 heterocycles. The van der Waals surface area contributed by atoms with Crippen LogP contribution in [0.25, 0.3) is 0 Å². The number of nitrogens with one attached hydrogen (secondary N) is 2. The first-order valence-electron chi connectivity index (χ1n) is 8.56. The maximum absolute atomic E-state index is 12.6. The number of hydrogen-bond donors (Lipinski definition) is 2. The maximum Gasteiger partial charge on any atom is 0.255 e. The fourth-order valence-electron chi connectivity index (χ4n) is 2.81. The van der Waals surface area contributed by atoms with Gasteiger partial charge in [-0.3, -0.25) is 9.59 Å². The number of amides is 2. The lowest BCUT2D eigenvalue weighted by Gasteiger charge is -2.13. The van der Waals surface area contributed by atoms with Crippen molar-refractivity contribution in [3.63, 3.8) is 0 Å². The monoisotopic (exact) mass is 388 g/mol. The molecule has 2 aromatic rings. The van der Waals surface area contributed by atoms with E-state index in [2.05, 4.69) is 10.6 Å². The first-order chi connectivity index (χ1) is 12.9. The van der Waals surface area contributed by atoms with Crippen molar-refractivity contribution in [3.8, 4) is 11.5 Å². The molecule has 0 spiro atoms. The second-order valence-electron chi connectivity index (χ2n) is 6.53. The number of benzene rings is 2. The zero-order chi connectivity index (χ0) is 19.6. The third kappa shape index (κ3) is 4.34. The molecule has 2 N–H and O–H groups in total. The van der Waals surface area contributed by atoms with Crippen molar-refractivity contribution in [1.82, 2.24) is 0 Å². The number of anilines is 2. The van der Waals surface area contributed by atoms with E-state index in [1.54, 1.807) is 36.4 Å². The summed E-state index contributed by atoms with van der Waals surface area (Å²) < 4.78 is 10.5. The molecule has 2 amide bonds. The van der Waals surface area contributed by atoms with Crippen molar-refractivity contribution in [2.24, 2.45) is 11.8 Å². The van der Waals surface area contributed by atoms with Crippen LogP contribution in [0.15, 0.2) is 36.4 Å². The number of ether oxygens (including phenoxy) is 2. The number of carbonyl (C=O) groups is 2. The van der Waals surface area contributed by atoms with E-state index in [1.807, 2.05) is 6.92 Å². The summed E-state index contributed by atoms with van der Waals surface area (Å²) in [5, 5.41) is 6.03. The van der Waals surface area contributed by atoms with Crippen LogP contribution < -0.4 is 20.1 Å². The van der Waals surface area contributed by atoms with Gasteiger partial charge in [0.1, 0.15) is 11.5 Å². The smallest absolute Gasteiger partial charge is 0.255 e. The Hall–Kier alpha value is -2.73. The molecule has 27 heavy (non-hydrogen) atoms. The molecule has 3 rings (SSSR count). The van der Waals surface area contributed by atoms with Crippen LogP contribution in [0.2, 0.25) is 5.02 Å². The molecule has 0 aromatic heterocycles. The number of halogens is 1. The topological polar surface area (TPSA) is 76.7 Å². The predicted molar refractivity (Wildman–Crippen MR) is 105 cm³/mol. The van der Waals surface area contributed by atoms with Crippen LogP contribution in [0.5, 0.6) is 11.5 Å². The van der Waals surface area contributed by atoms with E-state index in [-0.39, 0.29) is 17.7 Å². The Morgan fingerprint density at radius 1 is 1.07 bits per heavy atom. The largest absolute Gasteiger partial charge is 0.495 e. The van der Waals surface area contributed by atoms with Gasteiger partial charge in [0.05, 0.1) is 24.9 Å². The van der Waals surface area contributed by atoms with Gasteiger partial charge in [-0.1, -0.05) is 24.6 Å². The summed E-state index contributed by atoms with van der Waals surface area (Å²) in [5.74, 6) is 0.975. The SMILES string of the molecule is COc1cc(NC(=O)c2cccc(NC(=O)C3CC3C)c2)c(OC)cc1Cl. The van der Waals surface area contributed by atoms with Crippen LogP contribution in [-0.4, -0.2) is 26.0 Å². The van der Waals surface area contributed by atoms with Gasteiger partial charge in [0.25, 0.3) is 5.91 Å². The van der Waals surface area contributed by atoms with Crippen molar-refractivity contribution in [2.45, 2.75) is 13.3 Å². The minimum absolute atomic E-state index is 0.0100. The highest BCUT2D eigenvalue weighted by atomic mass is 35.5. The van der Waals surface area contributed by atoms with E-state index in [0.717, 1.165) is 6.42 Å². The molecule has 0 radical (unpaired) electrons. The lowest BCUT2D eigenvalue weighted by Crippen LogP contribution is -2.16. The molecule has 2 atom stereocenters. The summed E-state index contributed by atoms with van der Waals surface area (Å²) in [4.78, 5) is 24.7. The highest BCUT2D eigenvalue weighted by Gasteiger charge is 2.39. The van der Waals surface area contributed by atoms with Gasteiger partial charge in [-0.15, -0.1) is 0 Å². The standard InChI is InChI=1S/C20H21ClN2O4/c1-11-7-14(11)20(25)22-13-6-4-5-12(8-13)19(24)23-16-10-17(26-2)15(21)9-18(16)27-3/h4-6,8-11,14H,7H2,1-3H3,(H,22,25)(H,23,24). The minimum atomic E-state index is -0.339. The van der Waals surface area contributed by atoms with Gasteiger partial charge in [0, 0.05) is 29.3 Å². The Kier molecular flexibility index (Phi) is 5.56. The average molecular weight is 389 g/mol. The average Bonchev–Trinajstić information content (AvgIpc) is 3.39. The third-order valence-electron chi connectivity index (χ3n) is 4.56. The molecule has 2 unspecified atom stereocenters. The fourth-order valence-corrected chi connectivity index (χ4v) is 3.04. The molecule has 0 saturated heterocycles. The first kappa shape index (κ1) is 19.0. The summed E-state index contributed by atoms with van der Waals surface area (Å²) >= 11 is 6.09. The van der Waals surface area contributed by atoms with Crippen molar-refractivity contribution < 1.29 is 19.1 Å². The summed E-state index contributed by atoms with van der Waals surface area (Å²) in [5.41, 5.74) is 1.44. The number of hydrogen-bond acceptors (Lipinski definition) is 4. The molecule has 0 aliphatic heterocycles. The highest BCUT2D eigenvalue weighted by Crippen LogP contribution is 2.38. The normalized spacial score (nSPS) is 17.8. The molecule has 1 aliphatic carbocycles. The Bertz CT molecular complexity index is 884. The number of carbonyl (C=O) groups excluding carboxylic acids is 2. The number of rotatable bonds is 6. The minimum Gasteiger partial charge on any atom is -0.495 e. The Morgan fingerprint density at radius 3 is 2.41 bits per heavy atom. The maximum atomic E-state index is 12.6. The molecule has 0 bridgehead atoms. The molecule has 1 saturated carbocycles. The van der Waals surface area contributed by atoms with Crippen molar-refractivity contribution in [1.29, 1.82) is 0 Å². The van der Waals surface area contributed by atoms with Crippen molar-refractivity contribution >= 4 is 34.8 Å². The van der Waals surface area contributed by atoms with Crippen LogP contribution in [0.4, 0.5) is 11.4 Å². The molecular formula is C20H21ClN2O4. The van der Waals surface area contributed by atoms with Gasteiger partial charge in [-0.2, -0.15) is 0 Å². The van der Waals surface area contributed by atoms with Crippen LogP contribution in [0, 0.1) is 11.8 Å². The first-order valence-corrected chi connectivity index (χ1v) is 8.94. The highest BCUT2D eigenvalue weighted by molar-refractivity contribution is 6.32. The summed E-state index contributed by atoms with van der Waals surface area (Å²) in [6.45, 7) is 2.04. The summed E-state index contributed by atoms with van der Waals surface area (Å²) in [6.07, 6.45) is 0.907. The van der Waals surface area contributed by atoms with Gasteiger partial charge >= 0.3 is 0 Å². The van der Waals surface area contributed by atoms with E-state index in [1.165, 1.54) is 14.2 Å². The van der Waals surface area contributed by atoms with Crippen LogP contribution >= 0.6 is 11.6 Å². The second-order valence-corrected chi connectivity index (χ2v) is 6.94. The Labute approximate surface area is 162 Å². The molecule has 2 aromatic carbocycles. The molecule has 1 fully saturated rings. The van der Waals surface area contributed by atoms with E-state index < -0.39 is 0 Å². The molecule has 6 nitrogen and oxygen atoms in total. The second kappa shape index (κ2) is 7.88. The lowest BCUT2D eigenvalue weighted by molar-refractivity contribution is -0.117. The molecular weight excluding hydrogens is 368 g/mol. The van der Waals surface area contributed by atoms with Crippen LogP contribution in [0.1, 0.15) is 23.7 Å². The molecule has 7 heteroatoms. The van der Waals surface area contributed by atoms with Crippen molar-refractivity contribution in [2.75, 3.05) is 24.9 Å². The lowest BCUT2D eigenvalue weighted by atomic mass is 10.1. The van der Waals surface area contributed by atoms with Crippen LogP contribution in [-0.2, 0) is 4.79 Å². The fraction of sp³-hybridized carbons (Fsp3) is 0.300. The van der Waals surface area contributed by atoms with Gasteiger partial charge in [-0.05, 0) is 30.5 Å². The zero-order valence-corrected chi connectivity index (χ0v) is 16.1. The number of methoxy groups -OCH3 is 2. The van der Waals surface area contributed by atoms with Gasteiger partial charge < -0.3 is 20.1 Å². The van der Waals surface area contributed by atoms with E-state index >= 15 is 0 Å². The van der Waals surface area contributed by atoms with Gasteiger partial charge in [0.15, 0.2) is 0 Å². The Balaban J connectivity index is 1.76. The quantitative estimate of drug-likeness (QED) is 0.777. The molecule has 1 aliphatic rings. The van der Waals surface area contributed by atoms with Gasteiger partial charge in [0.2, 0.25) is 5.91 Å². The molecule has 142 valence electrons. The third-order valence-corrected chi connectivity index (χ3v) is 4.86. The summed E-state index contributed by atoms with van der Waals surface area (Å²) in [7, 11) is 2.98. The summed E-state index contributed by atoms with van der Waals surface area (Å²) in [6, 6.07) is 9.96. The predicted octanol–water partition coefficient (Wildman–Crippen LogP) is 4.20. The zero-order valence-electron chi connectivity index (χ0n) is 15.3. The van der Waals surface area contributed by atoms with Crippen LogP contribution in [0.3, 0.4) is 0 Å². The van der Waals surface area contributed by atoms with E-state index in [9.17, 15) is 9.59 Å². The van der Waals surface area contributed by atoms with Gasteiger partial charge in [-0.25, -0.2) is 0 Å².